The number of hydrogen-bond donors (Lipinski definition) is 2. The van der Waals surface area contributed by atoms with Crippen molar-refractivity contribution >= 4 is 60.5 Å². The summed E-state index contributed by atoms with van der Waals surface area (Å²) in [6.45, 7) is 4.33. The quantitative estimate of drug-likeness (QED) is 0.290. The number of carboxylic acids is 1. The molecule has 3 aromatic rings. The summed E-state index contributed by atoms with van der Waals surface area (Å²) in [5.74, 6) is -1.32. The Morgan fingerprint density at radius 2 is 1.85 bits per heavy atom. The Labute approximate surface area is 209 Å². The predicted molar refractivity (Wildman–Crippen MR) is 135 cm³/mol. The van der Waals surface area contributed by atoms with E-state index in [4.69, 9.17) is 16.7 Å². The van der Waals surface area contributed by atoms with Crippen LogP contribution in [-0.2, 0) is 11.3 Å². The first kappa shape index (κ1) is 25.1. The molecule has 0 bridgehead atoms. The minimum absolute atomic E-state index is 0.0543. The number of nitrogens with one attached hydrogen (secondary N) is 1. The second kappa shape index (κ2) is 12.1. The molecule has 172 valence electrons. The molecule has 3 rings (SSSR count). The van der Waals surface area contributed by atoms with Crippen LogP contribution in [0.3, 0.4) is 0 Å². The van der Waals surface area contributed by atoms with Gasteiger partial charge in [0.1, 0.15) is 5.69 Å². The van der Waals surface area contributed by atoms with Crippen LogP contribution in [0.5, 0.6) is 0 Å². The molecule has 9 heteroatoms. The fourth-order valence-corrected chi connectivity index (χ4v) is 5.54. The first-order valence-electron chi connectivity index (χ1n) is 10.3. The average molecular weight is 549 g/mol. The van der Waals surface area contributed by atoms with Gasteiger partial charge in [0.15, 0.2) is 0 Å². The molecule has 1 aromatic heterocycles. The summed E-state index contributed by atoms with van der Waals surface area (Å²) in [5, 5.41) is 13.7. The summed E-state index contributed by atoms with van der Waals surface area (Å²) in [7, 11) is 0. The van der Waals surface area contributed by atoms with Crippen molar-refractivity contribution in [3.63, 3.8) is 0 Å². The Morgan fingerprint density at radius 3 is 2.55 bits per heavy atom. The fraction of sp³-hybridized carbons (Fsp3) is 0.208. The van der Waals surface area contributed by atoms with Crippen LogP contribution >= 0.6 is 23.5 Å². The van der Waals surface area contributed by atoms with Crippen LogP contribution in [0.4, 0.5) is 5.69 Å². The number of aromatic carboxylic acids is 1. The van der Waals surface area contributed by atoms with Gasteiger partial charge in [0, 0.05) is 0 Å². The average Bonchev–Trinajstić information content (AvgIpc) is 2.81. The SMILES string of the molecule is CC[Se]c1ccc(SN(CC(=O)NCc2cccc(C(=O)O)n2)c2cccc(Cl)c2C)cc1. The van der Waals surface area contributed by atoms with Gasteiger partial charge in [0.25, 0.3) is 0 Å². The Bertz CT molecular complexity index is 1130. The van der Waals surface area contributed by atoms with Crippen molar-refractivity contribution in [2.75, 3.05) is 10.8 Å². The van der Waals surface area contributed by atoms with Crippen molar-refractivity contribution < 1.29 is 14.7 Å². The number of aromatic nitrogens is 1. The standard InChI is InChI=1S/C24H24ClN3O3SSe/c1-3-33-19-12-10-18(11-13-19)32-28(22-9-5-7-20(25)16(22)2)15-23(29)26-14-17-6-4-8-21(27-17)24(30)31/h4-13H,3,14-15H2,1-2H3,(H,26,29)(H,30,31). The van der Waals surface area contributed by atoms with Crippen molar-refractivity contribution in [3.05, 3.63) is 82.6 Å². The molecule has 0 atom stereocenters. The Hall–Kier alpha value is -2.51. The monoisotopic (exact) mass is 549 g/mol. The van der Waals surface area contributed by atoms with E-state index in [-0.39, 0.29) is 24.7 Å². The zero-order chi connectivity index (χ0) is 23.8. The molecule has 0 saturated heterocycles. The molecule has 1 amide bonds. The molecular formula is C24H24ClN3O3SSe. The Balaban J connectivity index is 1.74. The second-order valence-electron chi connectivity index (χ2n) is 7.01. The summed E-state index contributed by atoms with van der Waals surface area (Å²) in [6, 6.07) is 18.8. The number of anilines is 1. The number of rotatable bonds is 10. The molecular weight excluding hydrogens is 525 g/mol. The fourth-order valence-electron chi connectivity index (χ4n) is 3.00. The zero-order valence-corrected chi connectivity index (χ0v) is 21.5. The summed E-state index contributed by atoms with van der Waals surface area (Å²) in [4.78, 5) is 29.0. The first-order valence-corrected chi connectivity index (χ1v) is 13.5. The normalized spacial score (nSPS) is 10.6. The maximum absolute atomic E-state index is 12.8. The Morgan fingerprint density at radius 1 is 1.12 bits per heavy atom. The molecule has 0 aliphatic rings. The number of halogens is 1. The van der Waals surface area contributed by atoms with E-state index in [0.29, 0.717) is 25.7 Å². The van der Waals surface area contributed by atoms with Crippen molar-refractivity contribution in [1.29, 1.82) is 0 Å². The summed E-state index contributed by atoms with van der Waals surface area (Å²) < 4.78 is 3.26. The van der Waals surface area contributed by atoms with E-state index in [2.05, 4.69) is 41.5 Å². The van der Waals surface area contributed by atoms with E-state index < -0.39 is 5.97 Å². The van der Waals surface area contributed by atoms with E-state index in [9.17, 15) is 9.59 Å². The van der Waals surface area contributed by atoms with Crippen molar-refractivity contribution in [3.8, 4) is 0 Å². The van der Waals surface area contributed by atoms with Gasteiger partial charge in [-0.1, -0.05) is 6.07 Å². The third kappa shape index (κ3) is 7.24. The van der Waals surface area contributed by atoms with Crippen molar-refractivity contribution in [1.82, 2.24) is 10.3 Å². The van der Waals surface area contributed by atoms with E-state index in [1.807, 2.05) is 29.4 Å². The molecule has 1 heterocycles. The molecule has 0 fully saturated rings. The van der Waals surface area contributed by atoms with Crippen molar-refractivity contribution in [2.45, 2.75) is 30.6 Å². The topological polar surface area (TPSA) is 82.5 Å². The number of amides is 1. The molecule has 0 radical (unpaired) electrons. The third-order valence-corrected chi connectivity index (χ3v) is 7.95. The number of carboxylic acid groups (broad SMARTS) is 1. The molecule has 2 aromatic carbocycles. The van der Waals surface area contributed by atoms with Gasteiger partial charge in [-0.25, -0.2) is 4.79 Å². The summed E-state index contributed by atoms with van der Waals surface area (Å²) in [6.07, 6.45) is 0. The first-order chi connectivity index (χ1) is 15.9. The third-order valence-electron chi connectivity index (χ3n) is 4.64. The van der Waals surface area contributed by atoms with Gasteiger partial charge >= 0.3 is 182 Å². The predicted octanol–water partition coefficient (Wildman–Crippen LogP) is 4.34. The molecule has 0 aliphatic heterocycles. The molecule has 0 unspecified atom stereocenters. The molecule has 6 nitrogen and oxygen atoms in total. The van der Waals surface area contributed by atoms with Crippen LogP contribution in [0.1, 0.15) is 28.7 Å². The van der Waals surface area contributed by atoms with Gasteiger partial charge < -0.3 is 5.11 Å². The molecule has 0 aliphatic carbocycles. The van der Waals surface area contributed by atoms with E-state index in [1.165, 1.54) is 22.5 Å². The van der Waals surface area contributed by atoms with Crippen LogP contribution in [0.2, 0.25) is 10.3 Å². The van der Waals surface area contributed by atoms with Gasteiger partial charge in [-0.15, -0.1) is 0 Å². The van der Waals surface area contributed by atoms with E-state index in [1.54, 1.807) is 12.1 Å². The number of carbonyl (C=O) groups is 2. The number of hydrogen-bond acceptors (Lipinski definition) is 5. The van der Waals surface area contributed by atoms with Gasteiger partial charge in [0.05, 0.1) is 0 Å². The molecule has 0 saturated carbocycles. The zero-order valence-electron chi connectivity index (χ0n) is 18.2. The van der Waals surface area contributed by atoms with Crippen LogP contribution in [-0.4, -0.2) is 43.5 Å². The van der Waals surface area contributed by atoms with Crippen LogP contribution < -0.4 is 14.1 Å². The van der Waals surface area contributed by atoms with Crippen LogP contribution in [0, 0.1) is 6.92 Å². The number of carbonyl (C=O) groups excluding carboxylic acids is 1. The molecule has 0 spiro atoms. The summed E-state index contributed by atoms with van der Waals surface area (Å²) in [5.41, 5.74) is 2.17. The number of pyridine rings is 1. The van der Waals surface area contributed by atoms with Crippen molar-refractivity contribution in [2.24, 2.45) is 0 Å². The van der Waals surface area contributed by atoms with E-state index in [0.717, 1.165) is 21.5 Å². The van der Waals surface area contributed by atoms with Gasteiger partial charge in [-0.2, -0.15) is 0 Å². The molecule has 33 heavy (non-hydrogen) atoms. The van der Waals surface area contributed by atoms with E-state index >= 15 is 0 Å². The van der Waals surface area contributed by atoms with Gasteiger partial charge in [0.2, 0.25) is 0 Å². The van der Waals surface area contributed by atoms with Gasteiger partial charge in [-0.3, -0.25) is 0 Å². The van der Waals surface area contributed by atoms with Crippen LogP contribution in [0.25, 0.3) is 0 Å². The molecule has 2 N–H and O–H groups in total. The second-order valence-corrected chi connectivity index (χ2v) is 11.3. The van der Waals surface area contributed by atoms with Crippen LogP contribution in [0.15, 0.2) is 65.6 Å². The number of nitrogens with zero attached hydrogens (tertiary/aromatic N) is 2. The Kier molecular flexibility index (Phi) is 9.20. The van der Waals surface area contributed by atoms with Gasteiger partial charge in [-0.05, 0) is 6.07 Å². The maximum atomic E-state index is 12.8. The minimum atomic E-state index is -1.10. The number of benzene rings is 2. The summed E-state index contributed by atoms with van der Waals surface area (Å²) >= 11 is 8.29.